The molecule has 0 heterocycles. The molecule has 0 radical (unpaired) electrons. The molecule has 0 aliphatic heterocycles. The van der Waals surface area contributed by atoms with Gasteiger partial charge < -0.3 is 10.2 Å². The number of aliphatic hydroxyl groups is 2. The first-order valence-electron chi connectivity index (χ1n) is 5.92. The zero-order chi connectivity index (χ0) is 13.2. The van der Waals surface area contributed by atoms with Crippen LogP contribution >= 0.6 is 0 Å². The lowest BCUT2D eigenvalue weighted by molar-refractivity contribution is 0.0663. The van der Waals surface area contributed by atoms with E-state index in [1.54, 1.807) is 6.08 Å². The SMILES string of the molecule is C=CCN(CC#Cc1ccccc1)C[C@@H](O)CO. The fourth-order valence-corrected chi connectivity index (χ4v) is 1.52. The van der Waals surface area contributed by atoms with E-state index in [4.69, 9.17) is 5.11 Å². The highest BCUT2D eigenvalue weighted by atomic mass is 16.3. The lowest BCUT2D eigenvalue weighted by atomic mass is 10.2. The van der Waals surface area contributed by atoms with Gasteiger partial charge in [0, 0.05) is 18.7 Å². The van der Waals surface area contributed by atoms with Crippen molar-refractivity contribution in [2.24, 2.45) is 0 Å². The van der Waals surface area contributed by atoms with Crippen molar-refractivity contribution in [1.29, 1.82) is 0 Å². The average Bonchev–Trinajstić information content (AvgIpc) is 2.40. The average molecular weight is 245 g/mol. The molecule has 0 bridgehead atoms. The Morgan fingerprint density at radius 1 is 1.33 bits per heavy atom. The summed E-state index contributed by atoms with van der Waals surface area (Å²) in [6.07, 6.45) is 1.03. The van der Waals surface area contributed by atoms with Crippen LogP contribution in [0.15, 0.2) is 43.0 Å². The summed E-state index contributed by atoms with van der Waals surface area (Å²) in [5.74, 6) is 6.11. The van der Waals surface area contributed by atoms with Crippen molar-refractivity contribution >= 4 is 0 Å². The molecular weight excluding hydrogens is 226 g/mol. The monoisotopic (exact) mass is 245 g/mol. The molecule has 0 aliphatic rings. The summed E-state index contributed by atoms with van der Waals surface area (Å²) in [6, 6.07) is 9.75. The molecule has 3 heteroatoms. The molecule has 0 saturated carbocycles. The van der Waals surface area contributed by atoms with E-state index in [1.807, 2.05) is 35.2 Å². The second-order valence-electron chi connectivity index (χ2n) is 3.99. The van der Waals surface area contributed by atoms with Crippen LogP contribution in [0.1, 0.15) is 5.56 Å². The van der Waals surface area contributed by atoms with Gasteiger partial charge in [-0.05, 0) is 12.1 Å². The van der Waals surface area contributed by atoms with Crippen LogP contribution in [0.4, 0.5) is 0 Å². The Hall–Kier alpha value is -1.60. The molecule has 3 nitrogen and oxygen atoms in total. The van der Waals surface area contributed by atoms with Crippen LogP contribution in [-0.4, -0.2) is 47.5 Å². The number of hydrogen-bond acceptors (Lipinski definition) is 3. The van der Waals surface area contributed by atoms with Gasteiger partial charge >= 0.3 is 0 Å². The summed E-state index contributed by atoms with van der Waals surface area (Å²) in [5, 5.41) is 18.2. The summed E-state index contributed by atoms with van der Waals surface area (Å²) in [7, 11) is 0. The van der Waals surface area contributed by atoms with Gasteiger partial charge in [0.1, 0.15) is 0 Å². The van der Waals surface area contributed by atoms with Crippen LogP contribution < -0.4 is 0 Å². The molecule has 1 aromatic carbocycles. The first-order chi connectivity index (χ1) is 8.76. The van der Waals surface area contributed by atoms with E-state index in [2.05, 4.69) is 18.4 Å². The minimum Gasteiger partial charge on any atom is -0.394 e. The van der Waals surface area contributed by atoms with Crippen molar-refractivity contribution in [3.05, 3.63) is 48.6 Å². The van der Waals surface area contributed by atoms with Gasteiger partial charge in [0.05, 0.1) is 19.3 Å². The van der Waals surface area contributed by atoms with E-state index >= 15 is 0 Å². The highest BCUT2D eigenvalue weighted by molar-refractivity contribution is 5.33. The van der Waals surface area contributed by atoms with Crippen molar-refractivity contribution in [1.82, 2.24) is 4.90 Å². The van der Waals surface area contributed by atoms with Crippen molar-refractivity contribution < 1.29 is 10.2 Å². The molecule has 0 spiro atoms. The second kappa shape index (κ2) is 8.48. The fraction of sp³-hybridized carbons (Fsp3) is 0.333. The van der Waals surface area contributed by atoms with Gasteiger partial charge in [-0.3, -0.25) is 4.90 Å². The normalized spacial score (nSPS) is 11.7. The summed E-state index contributed by atoms with van der Waals surface area (Å²) in [5.41, 5.74) is 0.971. The number of rotatable bonds is 6. The highest BCUT2D eigenvalue weighted by Gasteiger charge is 2.07. The smallest absolute Gasteiger partial charge is 0.0897 e. The molecule has 1 rings (SSSR count). The number of nitrogens with zero attached hydrogens (tertiary/aromatic N) is 1. The van der Waals surface area contributed by atoms with Crippen molar-refractivity contribution in [2.75, 3.05) is 26.2 Å². The molecule has 0 aliphatic carbocycles. The Labute approximate surface area is 108 Å². The Morgan fingerprint density at radius 2 is 2.06 bits per heavy atom. The highest BCUT2D eigenvalue weighted by Crippen LogP contribution is 1.96. The molecule has 18 heavy (non-hydrogen) atoms. The van der Waals surface area contributed by atoms with Gasteiger partial charge in [0.25, 0.3) is 0 Å². The Balaban J connectivity index is 2.51. The van der Waals surface area contributed by atoms with Gasteiger partial charge in [0.2, 0.25) is 0 Å². The summed E-state index contributed by atoms with van der Waals surface area (Å²) >= 11 is 0. The number of hydrogen-bond donors (Lipinski definition) is 2. The molecule has 96 valence electrons. The van der Waals surface area contributed by atoms with E-state index in [9.17, 15) is 5.11 Å². The minimum absolute atomic E-state index is 0.236. The lowest BCUT2D eigenvalue weighted by Crippen LogP contribution is -2.34. The lowest BCUT2D eigenvalue weighted by Gasteiger charge is -2.20. The van der Waals surface area contributed by atoms with Crippen LogP contribution in [0.25, 0.3) is 0 Å². The van der Waals surface area contributed by atoms with Crippen LogP contribution in [0, 0.1) is 11.8 Å². The quantitative estimate of drug-likeness (QED) is 0.577. The van der Waals surface area contributed by atoms with Gasteiger partial charge in [0.15, 0.2) is 0 Å². The van der Waals surface area contributed by atoms with Gasteiger partial charge in [-0.2, -0.15) is 0 Å². The molecule has 1 aromatic rings. The van der Waals surface area contributed by atoms with E-state index in [0.717, 1.165) is 5.56 Å². The molecule has 1 atom stereocenters. The third-order valence-corrected chi connectivity index (χ3v) is 2.38. The Morgan fingerprint density at radius 3 is 2.67 bits per heavy atom. The van der Waals surface area contributed by atoms with Crippen molar-refractivity contribution in [3.63, 3.8) is 0 Å². The van der Waals surface area contributed by atoms with E-state index < -0.39 is 6.10 Å². The zero-order valence-corrected chi connectivity index (χ0v) is 10.4. The minimum atomic E-state index is -0.733. The Kier molecular flexibility index (Phi) is 6.82. The largest absolute Gasteiger partial charge is 0.394 e. The first kappa shape index (κ1) is 14.5. The molecule has 0 amide bonds. The van der Waals surface area contributed by atoms with Crippen molar-refractivity contribution in [3.8, 4) is 11.8 Å². The van der Waals surface area contributed by atoms with Gasteiger partial charge in [-0.1, -0.05) is 36.1 Å². The standard InChI is InChI=1S/C15H19NO2/c1-2-10-16(12-15(18)13-17)11-6-9-14-7-4-3-5-8-14/h2-5,7-8,15,17-18H,1,10-13H2/t15-/m1/s1. The van der Waals surface area contributed by atoms with Gasteiger partial charge in [-0.25, -0.2) is 0 Å². The predicted molar refractivity (Wildman–Crippen MR) is 73.0 cm³/mol. The van der Waals surface area contributed by atoms with Crippen LogP contribution in [0.2, 0.25) is 0 Å². The molecule has 2 N–H and O–H groups in total. The summed E-state index contributed by atoms with van der Waals surface area (Å²) < 4.78 is 0. The number of benzene rings is 1. The van der Waals surface area contributed by atoms with Crippen LogP contribution in [-0.2, 0) is 0 Å². The molecule has 0 saturated heterocycles. The number of aliphatic hydroxyl groups excluding tert-OH is 2. The maximum atomic E-state index is 9.40. The van der Waals surface area contributed by atoms with E-state index in [1.165, 1.54) is 0 Å². The Bertz CT molecular complexity index is 405. The summed E-state index contributed by atoms with van der Waals surface area (Å²) in [6.45, 7) is 5.00. The predicted octanol–water partition coefficient (Wildman–Crippen LogP) is 0.879. The van der Waals surface area contributed by atoms with Gasteiger partial charge in [-0.15, -0.1) is 6.58 Å². The second-order valence-corrected chi connectivity index (χ2v) is 3.99. The molecular formula is C15H19NO2. The van der Waals surface area contributed by atoms with Crippen molar-refractivity contribution in [2.45, 2.75) is 6.10 Å². The zero-order valence-electron chi connectivity index (χ0n) is 10.4. The van der Waals surface area contributed by atoms with E-state index in [0.29, 0.717) is 19.6 Å². The maximum Gasteiger partial charge on any atom is 0.0897 e. The topological polar surface area (TPSA) is 43.7 Å². The fourth-order valence-electron chi connectivity index (χ4n) is 1.52. The van der Waals surface area contributed by atoms with E-state index in [-0.39, 0.29) is 6.61 Å². The molecule has 0 aromatic heterocycles. The molecule has 0 unspecified atom stereocenters. The van der Waals surface area contributed by atoms with Crippen LogP contribution in [0.5, 0.6) is 0 Å². The third kappa shape index (κ3) is 5.65. The summed E-state index contributed by atoms with van der Waals surface area (Å²) in [4.78, 5) is 1.93. The molecule has 0 fully saturated rings. The maximum absolute atomic E-state index is 9.40. The first-order valence-corrected chi connectivity index (χ1v) is 5.92. The third-order valence-electron chi connectivity index (χ3n) is 2.38. The van der Waals surface area contributed by atoms with Crippen LogP contribution in [0.3, 0.4) is 0 Å².